The first kappa shape index (κ1) is 23.1. The van der Waals surface area contributed by atoms with Gasteiger partial charge in [-0.2, -0.15) is 13.2 Å². The van der Waals surface area contributed by atoms with Gasteiger partial charge in [-0.25, -0.2) is 9.48 Å². The predicted octanol–water partition coefficient (Wildman–Crippen LogP) is 4.15. The molecule has 0 bridgehead atoms. The number of hydrogen-bond acceptors (Lipinski definition) is 3. The van der Waals surface area contributed by atoms with E-state index in [1.165, 1.54) is 18.2 Å². The Morgan fingerprint density at radius 1 is 1.12 bits per heavy atom. The fourth-order valence-electron chi connectivity index (χ4n) is 3.62. The van der Waals surface area contributed by atoms with Crippen molar-refractivity contribution in [2.45, 2.75) is 38.5 Å². The third-order valence-corrected chi connectivity index (χ3v) is 5.75. The van der Waals surface area contributed by atoms with Crippen LogP contribution in [0.1, 0.15) is 24.0 Å². The van der Waals surface area contributed by atoms with Crippen LogP contribution >= 0.6 is 11.6 Å². The van der Waals surface area contributed by atoms with Gasteiger partial charge in [0, 0.05) is 23.7 Å². The summed E-state index contributed by atoms with van der Waals surface area (Å²) in [6.07, 6.45) is -2.36. The number of carbonyl (C=O) groups is 1. The van der Waals surface area contributed by atoms with Crippen LogP contribution in [-0.4, -0.2) is 26.8 Å². The molecule has 3 aromatic rings. The average Bonchev–Trinajstić information content (AvgIpc) is 3.54. The lowest BCUT2D eigenvalue weighted by Gasteiger charge is -2.12. The van der Waals surface area contributed by atoms with Crippen LogP contribution < -0.4 is 11.0 Å². The van der Waals surface area contributed by atoms with Gasteiger partial charge >= 0.3 is 11.9 Å². The van der Waals surface area contributed by atoms with Crippen LogP contribution in [0.15, 0.2) is 53.3 Å². The molecular weight excluding hydrogens is 457 g/mol. The van der Waals surface area contributed by atoms with Gasteiger partial charge in [0.1, 0.15) is 6.54 Å². The summed E-state index contributed by atoms with van der Waals surface area (Å²) in [6.45, 7) is 0.206. The smallest absolute Gasteiger partial charge is 0.354 e. The first-order valence-electron chi connectivity index (χ1n) is 10.6. The highest BCUT2D eigenvalue weighted by Gasteiger charge is 2.32. The summed E-state index contributed by atoms with van der Waals surface area (Å²) in [4.78, 5) is 25.3. The molecule has 0 unspecified atom stereocenters. The van der Waals surface area contributed by atoms with E-state index in [0.29, 0.717) is 28.9 Å². The molecule has 1 heterocycles. The molecule has 4 rings (SSSR count). The van der Waals surface area contributed by atoms with E-state index < -0.39 is 23.3 Å². The van der Waals surface area contributed by atoms with Crippen molar-refractivity contribution >= 4 is 17.5 Å². The van der Waals surface area contributed by atoms with Crippen molar-refractivity contribution in [2.75, 3.05) is 6.54 Å². The standard InChI is InChI=1S/C23H22ClF3N4O2/c24-18-9-7-17(8-10-18)21-29-31(22(33)30(21)13-15-5-6-15)14-20(32)28-12-11-16-3-1-2-4-19(16)23(25,26)27/h1-4,7-10,15H,5-6,11-14H2,(H,28,32). The summed E-state index contributed by atoms with van der Waals surface area (Å²) in [5.41, 5.74) is -0.312. The molecule has 6 nitrogen and oxygen atoms in total. The second-order valence-corrected chi connectivity index (χ2v) is 8.52. The SMILES string of the molecule is O=C(Cn1nc(-c2ccc(Cl)cc2)n(CC2CC2)c1=O)NCCc1ccccc1C(F)(F)F. The topological polar surface area (TPSA) is 68.9 Å². The molecule has 0 aliphatic heterocycles. The highest BCUT2D eigenvalue weighted by molar-refractivity contribution is 6.30. The second kappa shape index (κ2) is 9.43. The third kappa shape index (κ3) is 5.65. The van der Waals surface area contributed by atoms with Crippen LogP contribution in [-0.2, 0) is 30.5 Å². The van der Waals surface area contributed by atoms with E-state index in [9.17, 15) is 22.8 Å². The molecule has 1 N–H and O–H groups in total. The van der Waals surface area contributed by atoms with Crippen LogP contribution in [0.5, 0.6) is 0 Å². The minimum Gasteiger partial charge on any atom is -0.354 e. The zero-order chi connectivity index (χ0) is 23.6. The van der Waals surface area contributed by atoms with Crippen molar-refractivity contribution in [3.63, 3.8) is 0 Å². The van der Waals surface area contributed by atoms with Gasteiger partial charge in [-0.15, -0.1) is 5.10 Å². The number of rotatable bonds is 8. The van der Waals surface area contributed by atoms with Crippen LogP contribution in [0.25, 0.3) is 11.4 Å². The lowest BCUT2D eigenvalue weighted by Crippen LogP contribution is -2.35. The molecule has 174 valence electrons. The molecule has 1 amide bonds. The Hall–Kier alpha value is -3.07. The Morgan fingerprint density at radius 3 is 2.48 bits per heavy atom. The quantitative estimate of drug-likeness (QED) is 0.529. The van der Waals surface area contributed by atoms with E-state index >= 15 is 0 Å². The molecule has 1 aromatic heterocycles. The fraction of sp³-hybridized carbons (Fsp3) is 0.348. The molecule has 0 atom stereocenters. The number of nitrogens with one attached hydrogen (secondary N) is 1. The Kier molecular flexibility index (Phi) is 6.60. The molecule has 0 saturated heterocycles. The molecule has 1 aliphatic rings. The molecule has 1 saturated carbocycles. The van der Waals surface area contributed by atoms with Crippen molar-refractivity contribution in [2.24, 2.45) is 5.92 Å². The van der Waals surface area contributed by atoms with Gasteiger partial charge in [-0.05, 0) is 61.1 Å². The van der Waals surface area contributed by atoms with Crippen molar-refractivity contribution < 1.29 is 18.0 Å². The Bertz CT molecular complexity index is 1200. The summed E-state index contributed by atoms with van der Waals surface area (Å²) in [7, 11) is 0. The molecule has 0 spiro atoms. The normalized spacial score (nSPS) is 13.8. The van der Waals surface area contributed by atoms with Crippen molar-refractivity contribution in [3.05, 3.63) is 75.2 Å². The van der Waals surface area contributed by atoms with Gasteiger partial charge in [-0.3, -0.25) is 9.36 Å². The number of aromatic nitrogens is 3. The maximum atomic E-state index is 13.1. The number of halogens is 4. The average molecular weight is 479 g/mol. The summed E-state index contributed by atoms with van der Waals surface area (Å²) < 4.78 is 42.0. The Morgan fingerprint density at radius 2 is 1.82 bits per heavy atom. The zero-order valence-corrected chi connectivity index (χ0v) is 18.4. The molecule has 1 aliphatic carbocycles. The van der Waals surface area contributed by atoms with Gasteiger partial charge in [0.25, 0.3) is 0 Å². The van der Waals surface area contributed by atoms with E-state index in [2.05, 4.69) is 10.4 Å². The largest absolute Gasteiger partial charge is 0.416 e. The van der Waals surface area contributed by atoms with E-state index in [4.69, 9.17) is 11.6 Å². The summed E-state index contributed by atoms with van der Waals surface area (Å²) in [6, 6.07) is 12.2. The third-order valence-electron chi connectivity index (χ3n) is 5.50. The van der Waals surface area contributed by atoms with E-state index in [-0.39, 0.29) is 25.1 Å². The highest BCUT2D eigenvalue weighted by atomic mass is 35.5. The lowest BCUT2D eigenvalue weighted by molar-refractivity contribution is -0.138. The maximum Gasteiger partial charge on any atom is 0.416 e. The first-order chi connectivity index (χ1) is 15.7. The highest BCUT2D eigenvalue weighted by Crippen LogP contribution is 2.32. The van der Waals surface area contributed by atoms with Crippen LogP contribution in [0.3, 0.4) is 0 Å². The predicted molar refractivity (Wildman–Crippen MR) is 118 cm³/mol. The first-order valence-corrected chi connectivity index (χ1v) is 11.0. The van der Waals surface area contributed by atoms with Crippen molar-refractivity contribution in [3.8, 4) is 11.4 Å². The van der Waals surface area contributed by atoms with Crippen LogP contribution in [0.2, 0.25) is 5.02 Å². The van der Waals surface area contributed by atoms with Gasteiger partial charge in [0.05, 0.1) is 5.56 Å². The molecule has 1 fully saturated rings. The number of carbonyl (C=O) groups excluding carboxylic acids is 1. The number of alkyl halides is 3. The monoisotopic (exact) mass is 478 g/mol. The van der Waals surface area contributed by atoms with Gasteiger partial charge < -0.3 is 5.32 Å². The van der Waals surface area contributed by atoms with Crippen molar-refractivity contribution in [1.82, 2.24) is 19.7 Å². The number of amides is 1. The van der Waals surface area contributed by atoms with E-state index in [1.54, 1.807) is 28.8 Å². The van der Waals surface area contributed by atoms with Gasteiger partial charge in [0.2, 0.25) is 5.91 Å². The number of nitrogens with zero attached hydrogens (tertiary/aromatic N) is 3. The summed E-state index contributed by atoms with van der Waals surface area (Å²) in [5, 5.41) is 7.50. The minimum absolute atomic E-state index is 0.00744. The fourth-order valence-corrected chi connectivity index (χ4v) is 3.75. The molecule has 0 radical (unpaired) electrons. The maximum absolute atomic E-state index is 13.1. The molecule has 10 heteroatoms. The number of hydrogen-bond donors (Lipinski definition) is 1. The van der Waals surface area contributed by atoms with Gasteiger partial charge in [-0.1, -0.05) is 29.8 Å². The van der Waals surface area contributed by atoms with E-state index in [1.807, 2.05) is 0 Å². The molecule has 33 heavy (non-hydrogen) atoms. The minimum atomic E-state index is -4.46. The Balaban J connectivity index is 1.45. The van der Waals surface area contributed by atoms with Crippen LogP contribution in [0.4, 0.5) is 13.2 Å². The summed E-state index contributed by atoms with van der Waals surface area (Å²) in [5.74, 6) is 0.365. The summed E-state index contributed by atoms with van der Waals surface area (Å²) >= 11 is 5.96. The Labute approximate surface area is 193 Å². The van der Waals surface area contributed by atoms with E-state index in [0.717, 1.165) is 23.6 Å². The van der Waals surface area contributed by atoms with Crippen LogP contribution in [0, 0.1) is 5.92 Å². The molecule has 2 aromatic carbocycles. The van der Waals surface area contributed by atoms with Crippen molar-refractivity contribution in [1.29, 1.82) is 0 Å². The zero-order valence-electron chi connectivity index (χ0n) is 17.6. The van der Waals surface area contributed by atoms with Gasteiger partial charge in [0.15, 0.2) is 5.82 Å². The molecular formula is C23H22ClF3N4O2. The lowest BCUT2D eigenvalue weighted by atomic mass is 10.0. The second-order valence-electron chi connectivity index (χ2n) is 8.08. The number of benzene rings is 2.